The van der Waals surface area contributed by atoms with E-state index in [4.69, 9.17) is 0 Å². The van der Waals surface area contributed by atoms with Crippen LogP contribution in [-0.4, -0.2) is 35.0 Å². The molecule has 3 rings (SSSR count). The highest BCUT2D eigenvalue weighted by Gasteiger charge is 2.35. The molecule has 4 nitrogen and oxygen atoms in total. The van der Waals surface area contributed by atoms with Gasteiger partial charge in [-0.3, -0.25) is 4.79 Å². The Kier molecular flexibility index (Phi) is 4.63. The third-order valence-electron chi connectivity index (χ3n) is 3.74. The summed E-state index contributed by atoms with van der Waals surface area (Å²) in [5, 5.41) is 9.77. The first-order valence-corrected chi connectivity index (χ1v) is 9.28. The minimum Gasteiger partial charge on any atom is -0.347 e. The van der Waals surface area contributed by atoms with Crippen molar-refractivity contribution in [3.05, 3.63) is 16.1 Å². The van der Waals surface area contributed by atoms with Crippen LogP contribution in [0.4, 0.5) is 0 Å². The van der Waals surface area contributed by atoms with Crippen LogP contribution in [-0.2, 0) is 4.79 Å². The fraction of sp³-hybridized carbons (Fsp3) is 0.714. The summed E-state index contributed by atoms with van der Waals surface area (Å²) < 4.78 is 0. The number of aryl methyl sites for hydroxylation is 1. The highest BCUT2D eigenvalue weighted by molar-refractivity contribution is 7.99. The summed E-state index contributed by atoms with van der Waals surface area (Å²) in [7, 11) is 0. The zero-order chi connectivity index (χ0) is 13.9. The summed E-state index contributed by atoms with van der Waals surface area (Å²) in [5.41, 5.74) is 1.05. The van der Waals surface area contributed by atoms with Gasteiger partial charge in [0.25, 0.3) is 0 Å². The van der Waals surface area contributed by atoms with E-state index in [0.29, 0.717) is 18.4 Å². The molecule has 0 aromatic carbocycles. The van der Waals surface area contributed by atoms with E-state index in [1.807, 2.05) is 18.7 Å². The van der Waals surface area contributed by atoms with Gasteiger partial charge in [-0.05, 0) is 25.7 Å². The minimum atomic E-state index is 0.137. The summed E-state index contributed by atoms with van der Waals surface area (Å²) in [6, 6.07) is 0.462. The Labute approximate surface area is 128 Å². The number of aromatic nitrogens is 1. The van der Waals surface area contributed by atoms with Crippen molar-refractivity contribution in [2.45, 2.75) is 38.3 Å². The van der Waals surface area contributed by atoms with Crippen LogP contribution in [0.15, 0.2) is 5.38 Å². The monoisotopic (exact) mass is 311 g/mol. The van der Waals surface area contributed by atoms with Crippen molar-refractivity contribution in [2.24, 2.45) is 5.92 Å². The SMILES string of the molecule is Cc1csc(C(NC(=O)CC2CSCCN2)C2CC2)n1. The van der Waals surface area contributed by atoms with Crippen molar-refractivity contribution >= 4 is 29.0 Å². The maximum absolute atomic E-state index is 12.3. The summed E-state index contributed by atoms with van der Waals surface area (Å²) in [5.74, 6) is 2.95. The van der Waals surface area contributed by atoms with Crippen LogP contribution in [0.2, 0.25) is 0 Å². The summed E-state index contributed by atoms with van der Waals surface area (Å²) in [6.45, 7) is 3.02. The average molecular weight is 311 g/mol. The van der Waals surface area contributed by atoms with E-state index in [0.717, 1.165) is 28.8 Å². The van der Waals surface area contributed by atoms with Crippen molar-refractivity contribution in [3.8, 4) is 0 Å². The van der Waals surface area contributed by atoms with E-state index in [9.17, 15) is 4.79 Å². The quantitative estimate of drug-likeness (QED) is 0.874. The molecule has 1 saturated carbocycles. The number of rotatable bonds is 5. The topological polar surface area (TPSA) is 54.0 Å². The highest BCUT2D eigenvalue weighted by atomic mass is 32.2. The number of thiazole rings is 1. The molecular weight excluding hydrogens is 290 g/mol. The Morgan fingerprint density at radius 2 is 2.45 bits per heavy atom. The van der Waals surface area contributed by atoms with Gasteiger partial charge in [0.15, 0.2) is 0 Å². The molecule has 0 radical (unpaired) electrons. The molecule has 2 fully saturated rings. The molecule has 0 spiro atoms. The van der Waals surface area contributed by atoms with E-state index in [1.165, 1.54) is 12.8 Å². The zero-order valence-electron chi connectivity index (χ0n) is 11.7. The third kappa shape index (κ3) is 3.74. The second-order valence-electron chi connectivity index (χ2n) is 5.64. The zero-order valence-corrected chi connectivity index (χ0v) is 13.4. The van der Waals surface area contributed by atoms with Gasteiger partial charge in [0, 0.05) is 41.6 Å². The lowest BCUT2D eigenvalue weighted by Crippen LogP contribution is -2.42. The van der Waals surface area contributed by atoms with Crippen LogP contribution in [0.1, 0.15) is 36.0 Å². The predicted octanol–water partition coefficient (Wildman–Crippen LogP) is 2.11. The average Bonchev–Trinajstić information content (AvgIpc) is 3.19. The van der Waals surface area contributed by atoms with Gasteiger partial charge < -0.3 is 10.6 Å². The molecule has 1 amide bonds. The molecule has 1 aromatic heterocycles. The largest absolute Gasteiger partial charge is 0.347 e. The first-order chi connectivity index (χ1) is 9.72. The molecule has 2 N–H and O–H groups in total. The van der Waals surface area contributed by atoms with Crippen molar-refractivity contribution in [1.29, 1.82) is 0 Å². The van der Waals surface area contributed by atoms with Crippen molar-refractivity contribution in [1.82, 2.24) is 15.6 Å². The van der Waals surface area contributed by atoms with Crippen LogP contribution in [0, 0.1) is 12.8 Å². The van der Waals surface area contributed by atoms with Gasteiger partial charge in [0.05, 0.1) is 6.04 Å². The van der Waals surface area contributed by atoms with Crippen molar-refractivity contribution in [3.63, 3.8) is 0 Å². The van der Waals surface area contributed by atoms with E-state index in [1.54, 1.807) is 11.3 Å². The molecular formula is C14H21N3OS2. The second kappa shape index (κ2) is 6.45. The van der Waals surface area contributed by atoms with Crippen LogP contribution in [0.5, 0.6) is 0 Å². The number of carbonyl (C=O) groups excluding carboxylic acids is 1. The number of nitrogens with zero attached hydrogens (tertiary/aromatic N) is 1. The van der Waals surface area contributed by atoms with Gasteiger partial charge in [-0.25, -0.2) is 4.98 Å². The fourth-order valence-electron chi connectivity index (χ4n) is 2.53. The molecule has 1 saturated heterocycles. The van der Waals surface area contributed by atoms with Crippen molar-refractivity contribution < 1.29 is 4.79 Å². The van der Waals surface area contributed by atoms with E-state index < -0.39 is 0 Å². The van der Waals surface area contributed by atoms with Crippen molar-refractivity contribution in [2.75, 3.05) is 18.1 Å². The maximum atomic E-state index is 12.3. The lowest BCUT2D eigenvalue weighted by atomic mass is 10.1. The third-order valence-corrected chi connectivity index (χ3v) is 5.92. The maximum Gasteiger partial charge on any atom is 0.222 e. The Balaban J connectivity index is 1.57. The number of nitrogens with one attached hydrogen (secondary N) is 2. The molecule has 2 atom stereocenters. The normalized spacial score (nSPS) is 24.4. The lowest BCUT2D eigenvalue weighted by molar-refractivity contribution is -0.122. The second-order valence-corrected chi connectivity index (χ2v) is 7.68. The molecule has 1 aliphatic heterocycles. The molecule has 6 heteroatoms. The lowest BCUT2D eigenvalue weighted by Gasteiger charge is -2.24. The molecule has 0 bridgehead atoms. The van der Waals surface area contributed by atoms with Gasteiger partial charge in [-0.1, -0.05) is 0 Å². The number of carbonyl (C=O) groups is 1. The standard InChI is InChI=1S/C14H21N3OS2/c1-9-7-20-14(16-9)13(10-2-3-10)17-12(18)6-11-8-19-5-4-15-11/h7,10-11,13,15H,2-6,8H2,1H3,(H,17,18). The van der Waals surface area contributed by atoms with Gasteiger partial charge >= 0.3 is 0 Å². The van der Waals surface area contributed by atoms with Crippen LogP contribution in [0.25, 0.3) is 0 Å². The van der Waals surface area contributed by atoms with Crippen LogP contribution in [0.3, 0.4) is 0 Å². The first kappa shape index (κ1) is 14.4. The molecule has 2 aliphatic rings. The Hall–Kier alpha value is -0.590. The number of hydrogen-bond acceptors (Lipinski definition) is 5. The van der Waals surface area contributed by atoms with E-state index in [-0.39, 0.29) is 11.9 Å². The highest BCUT2D eigenvalue weighted by Crippen LogP contribution is 2.41. The fourth-order valence-corrected chi connectivity index (χ4v) is 4.42. The van der Waals surface area contributed by atoms with Gasteiger partial charge in [-0.2, -0.15) is 11.8 Å². The Bertz CT molecular complexity index is 467. The van der Waals surface area contributed by atoms with Gasteiger partial charge in [0.1, 0.15) is 5.01 Å². The summed E-state index contributed by atoms with van der Waals surface area (Å²) in [4.78, 5) is 16.8. The molecule has 2 heterocycles. The molecule has 110 valence electrons. The van der Waals surface area contributed by atoms with Crippen LogP contribution >= 0.6 is 23.1 Å². The van der Waals surface area contributed by atoms with Gasteiger partial charge in [0.2, 0.25) is 5.91 Å². The number of hydrogen-bond donors (Lipinski definition) is 2. The number of thioether (sulfide) groups is 1. The van der Waals surface area contributed by atoms with Gasteiger partial charge in [-0.15, -0.1) is 11.3 Å². The smallest absolute Gasteiger partial charge is 0.222 e. The minimum absolute atomic E-state index is 0.137. The molecule has 20 heavy (non-hydrogen) atoms. The summed E-state index contributed by atoms with van der Waals surface area (Å²) in [6.07, 6.45) is 3.00. The predicted molar refractivity (Wildman–Crippen MR) is 84.2 cm³/mol. The summed E-state index contributed by atoms with van der Waals surface area (Å²) >= 11 is 3.60. The Morgan fingerprint density at radius 1 is 1.60 bits per heavy atom. The Morgan fingerprint density at radius 3 is 3.05 bits per heavy atom. The first-order valence-electron chi connectivity index (χ1n) is 7.25. The van der Waals surface area contributed by atoms with Crippen LogP contribution < -0.4 is 10.6 Å². The molecule has 1 aliphatic carbocycles. The molecule has 2 unspecified atom stereocenters. The number of amides is 1. The van der Waals surface area contributed by atoms with E-state index >= 15 is 0 Å². The van der Waals surface area contributed by atoms with E-state index in [2.05, 4.69) is 21.0 Å². The molecule has 1 aromatic rings.